The van der Waals surface area contributed by atoms with Crippen molar-refractivity contribution in [1.82, 2.24) is 4.90 Å². The summed E-state index contributed by atoms with van der Waals surface area (Å²) in [7, 11) is 2.17. The second-order valence-electron chi connectivity index (χ2n) is 5.76. The van der Waals surface area contributed by atoms with E-state index in [9.17, 15) is 4.79 Å². The fourth-order valence-electron chi connectivity index (χ4n) is 3.28. The second kappa shape index (κ2) is 5.96. The molecule has 0 spiro atoms. The lowest BCUT2D eigenvalue weighted by molar-refractivity contribution is -0.131. The maximum absolute atomic E-state index is 11.8. The molecule has 2 rings (SSSR count). The topological polar surface area (TPSA) is 29.5 Å². The number of carbonyl (C=O) groups excluding carboxylic acids is 1. The van der Waals surface area contributed by atoms with E-state index in [2.05, 4.69) is 18.9 Å². The standard InChI is InChI=1S/C14H25NO2/c1-11-5-3-4-6-13(11)15(2)9-12-10-17-8-7-14(12)16/h11-13H,3-10H2,1-2H3. The first kappa shape index (κ1) is 13.0. The fraction of sp³-hybridized carbons (Fsp3) is 0.929. The van der Waals surface area contributed by atoms with Crippen LogP contribution in [0.25, 0.3) is 0 Å². The van der Waals surface area contributed by atoms with Gasteiger partial charge in [-0.05, 0) is 25.8 Å². The quantitative estimate of drug-likeness (QED) is 0.755. The highest BCUT2D eigenvalue weighted by molar-refractivity contribution is 5.82. The van der Waals surface area contributed by atoms with E-state index >= 15 is 0 Å². The van der Waals surface area contributed by atoms with Crippen molar-refractivity contribution >= 4 is 5.78 Å². The van der Waals surface area contributed by atoms with Crippen LogP contribution in [0.5, 0.6) is 0 Å². The summed E-state index contributed by atoms with van der Waals surface area (Å²) >= 11 is 0. The third kappa shape index (κ3) is 3.29. The number of nitrogens with zero attached hydrogens (tertiary/aromatic N) is 1. The van der Waals surface area contributed by atoms with Crippen molar-refractivity contribution in [1.29, 1.82) is 0 Å². The van der Waals surface area contributed by atoms with Crippen molar-refractivity contribution in [3.63, 3.8) is 0 Å². The maximum Gasteiger partial charge on any atom is 0.141 e. The molecule has 0 N–H and O–H groups in total. The van der Waals surface area contributed by atoms with Gasteiger partial charge in [-0.2, -0.15) is 0 Å². The molecule has 1 aliphatic carbocycles. The lowest BCUT2D eigenvalue weighted by Crippen LogP contribution is -2.44. The van der Waals surface area contributed by atoms with Crippen LogP contribution in [0.2, 0.25) is 0 Å². The van der Waals surface area contributed by atoms with E-state index in [0.717, 1.165) is 12.5 Å². The first-order valence-corrected chi connectivity index (χ1v) is 6.99. The zero-order valence-electron chi connectivity index (χ0n) is 11.2. The molecule has 1 heterocycles. The zero-order valence-corrected chi connectivity index (χ0v) is 11.2. The van der Waals surface area contributed by atoms with Crippen LogP contribution in [0.4, 0.5) is 0 Å². The Morgan fingerprint density at radius 3 is 2.82 bits per heavy atom. The number of ether oxygens (including phenoxy) is 1. The lowest BCUT2D eigenvalue weighted by Gasteiger charge is -2.38. The predicted octanol–water partition coefficient (Wildman–Crippen LogP) is 2.10. The number of Topliss-reactive ketones (excluding diaryl/α,β-unsaturated/α-hetero) is 1. The first-order valence-electron chi connectivity index (χ1n) is 6.99. The van der Waals surface area contributed by atoms with Crippen LogP contribution in [0.15, 0.2) is 0 Å². The average Bonchev–Trinajstić information content (AvgIpc) is 2.32. The first-order chi connectivity index (χ1) is 8.18. The summed E-state index contributed by atoms with van der Waals surface area (Å²) in [5.74, 6) is 1.28. The van der Waals surface area contributed by atoms with E-state index < -0.39 is 0 Å². The van der Waals surface area contributed by atoms with Crippen LogP contribution >= 0.6 is 0 Å². The monoisotopic (exact) mass is 239 g/mol. The van der Waals surface area contributed by atoms with Crippen LogP contribution in [0.3, 0.4) is 0 Å². The fourth-order valence-corrected chi connectivity index (χ4v) is 3.28. The van der Waals surface area contributed by atoms with Crippen molar-refractivity contribution in [3.8, 4) is 0 Å². The van der Waals surface area contributed by atoms with Crippen molar-refractivity contribution in [2.75, 3.05) is 26.8 Å². The molecule has 0 bridgehead atoms. The number of hydrogen-bond donors (Lipinski definition) is 0. The third-order valence-corrected chi connectivity index (χ3v) is 4.41. The van der Waals surface area contributed by atoms with Gasteiger partial charge in [0.25, 0.3) is 0 Å². The molecule has 17 heavy (non-hydrogen) atoms. The van der Waals surface area contributed by atoms with Gasteiger partial charge in [-0.3, -0.25) is 4.79 Å². The van der Waals surface area contributed by atoms with E-state index in [-0.39, 0.29) is 5.92 Å². The Labute approximate surface area is 105 Å². The minimum atomic E-state index is 0.114. The Bertz CT molecular complexity index is 267. The Morgan fingerprint density at radius 2 is 2.12 bits per heavy atom. The molecule has 0 amide bonds. The number of carbonyl (C=O) groups is 1. The summed E-state index contributed by atoms with van der Waals surface area (Å²) in [5, 5.41) is 0. The highest BCUT2D eigenvalue weighted by Gasteiger charge is 2.29. The summed E-state index contributed by atoms with van der Waals surface area (Å²) in [4.78, 5) is 14.2. The summed E-state index contributed by atoms with van der Waals surface area (Å²) in [6, 6.07) is 0.665. The van der Waals surface area contributed by atoms with Crippen LogP contribution in [0.1, 0.15) is 39.0 Å². The minimum absolute atomic E-state index is 0.114. The van der Waals surface area contributed by atoms with Gasteiger partial charge in [0, 0.05) is 19.0 Å². The van der Waals surface area contributed by atoms with Gasteiger partial charge in [-0.15, -0.1) is 0 Å². The van der Waals surface area contributed by atoms with E-state index in [1.54, 1.807) is 0 Å². The number of rotatable bonds is 3. The molecule has 98 valence electrons. The Kier molecular flexibility index (Phi) is 4.57. The van der Waals surface area contributed by atoms with E-state index in [0.29, 0.717) is 31.5 Å². The van der Waals surface area contributed by atoms with Crippen LogP contribution in [0, 0.1) is 11.8 Å². The van der Waals surface area contributed by atoms with Crippen molar-refractivity contribution in [2.24, 2.45) is 11.8 Å². The highest BCUT2D eigenvalue weighted by atomic mass is 16.5. The summed E-state index contributed by atoms with van der Waals surface area (Å²) in [5.41, 5.74) is 0. The van der Waals surface area contributed by atoms with Crippen molar-refractivity contribution in [2.45, 2.75) is 45.1 Å². The molecular weight excluding hydrogens is 214 g/mol. The van der Waals surface area contributed by atoms with Gasteiger partial charge in [-0.1, -0.05) is 19.8 Å². The molecular formula is C14H25NO2. The zero-order chi connectivity index (χ0) is 12.3. The number of hydrogen-bond acceptors (Lipinski definition) is 3. The average molecular weight is 239 g/mol. The van der Waals surface area contributed by atoms with E-state index in [4.69, 9.17) is 4.74 Å². The van der Waals surface area contributed by atoms with Gasteiger partial charge in [0.15, 0.2) is 0 Å². The largest absolute Gasteiger partial charge is 0.380 e. The molecule has 2 aliphatic rings. The van der Waals surface area contributed by atoms with Gasteiger partial charge in [-0.25, -0.2) is 0 Å². The molecule has 0 radical (unpaired) electrons. The van der Waals surface area contributed by atoms with Gasteiger partial charge >= 0.3 is 0 Å². The molecule has 0 aromatic rings. The molecule has 3 atom stereocenters. The van der Waals surface area contributed by atoms with Gasteiger partial charge < -0.3 is 9.64 Å². The molecule has 2 fully saturated rings. The normalized spacial score (nSPS) is 35.2. The molecule has 3 nitrogen and oxygen atoms in total. The van der Waals surface area contributed by atoms with Gasteiger partial charge in [0.1, 0.15) is 5.78 Å². The summed E-state index contributed by atoms with van der Waals surface area (Å²) in [6.45, 7) is 4.48. The molecule has 1 saturated heterocycles. The summed E-state index contributed by atoms with van der Waals surface area (Å²) < 4.78 is 5.42. The SMILES string of the molecule is CC1CCCCC1N(C)CC1COCCC1=O. The van der Waals surface area contributed by atoms with Crippen LogP contribution in [-0.2, 0) is 9.53 Å². The van der Waals surface area contributed by atoms with Crippen LogP contribution in [-0.4, -0.2) is 43.5 Å². The lowest BCUT2D eigenvalue weighted by atomic mass is 9.84. The predicted molar refractivity (Wildman–Crippen MR) is 68.0 cm³/mol. The third-order valence-electron chi connectivity index (χ3n) is 4.41. The molecule has 1 aliphatic heterocycles. The van der Waals surface area contributed by atoms with E-state index in [1.807, 2.05) is 0 Å². The smallest absolute Gasteiger partial charge is 0.141 e. The summed E-state index contributed by atoms with van der Waals surface area (Å²) in [6.07, 6.45) is 5.95. The van der Waals surface area contributed by atoms with Gasteiger partial charge in [0.05, 0.1) is 19.1 Å². The molecule has 1 saturated carbocycles. The molecule has 0 aromatic carbocycles. The Balaban J connectivity index is 1.86. The molecule has 3 unspecified atom stereocenters. The van der Waals surface area contributed by atoms with Gasteiger partial charge in [0.2, 0.25) is 0 Å². The van der Waals surface area contributed by atoms with Crippen LogP contribution < -0.4 is 0 Å². The Morgan fingerprint density at radius 1 is 1.35 bits per heavy atom. The maximum atomic E-state index is 11.8. The molecule has 0 aromatic heterocycles. The second-order valence-corrected chi connectivity index (χ2v) is 5.76. The van der Waals surface area contributed by atoms with Crippen molar-refractivity contribution in [3.05, 3.63) is 0 Å². The highest BCUT2D eigenvalue weighted by Crippen LogP contribution is 2.28. The Hall–Kier alpha value is -0.410. The minimum Gasteiger partial charge on any atom is -0.380 e. The van der Waals surface area contributed by atoms with E-state index in [1.165, 1.54) is 25.7 Å². The molecule has 3 heteroatoms. The van der Waals surface area contributed by atoms with Crippen molar-refractivity contribution < 1.29 is 9.53 Å². The number of ketones is 1.